The fourth-order valence-electron chi connectivity index (χ4n) is 7.09. The third-order valence-electron chi connectivity index (χ3n) is 9.15. The molecule has 4 atom stereocenters. The summed E-state index contributed by atoms with van der Waals surface area (Å²) in [7, 11) is 0. The van der Waals surface area contributed by atoms with Gasteiger partial charge in [-0.1, -0.05) is 12.1 Å². The number of aromatic nitrogens is 1. The zero-order valence-electron chi connectivity index (χ0n) is 22.0. The van der Waals surface area contributed by atoms with Gasteiger partial charge in [-0.15, -0.1) is 0 Å². The lowest BCUT2D eigenvalue weighted by molar-refractivity contribution is -0.137. The van der Waals surface area contributed by atoms with E-state index < -0.39 is 17.6 Å². The predicted molar refractivity (Wildman–Crippen MR) is 138 cm³/mol. The predicted octanol–water partition coefficient (Wildman–Crippen LogP) is 4.51. The maximum Gasteiger partial charge on any atom is 0.416 e. The van der Waals surface area contributed by atoms with Crippen LogP contribution in [0.2, 0.25) is 0 Å². The van der Waals surface area contributed by atoms with Crippen molar-refractivity contribution in [2.45, 2.75) is 56.7 Å². The number of carbonyl (C=O) groups excluding carboxylic acids is 2. The topological polar surface area (TPSA) is 62.7 Å². The van der Waals surface area contributed by atoms with Crippen molar-refractivity contribution in [3.05, 3.63) is 64.5 Å². The molecule has 0 spiro atoms. The molecule has 1 amide bonds. The van der Waals surface area contributed by atoms with E-state index in [2.05, 4.69) is 16.0 Å². The van der Waals surface area contributed by atoms with Crippen molar-refractivity contribution in [3.8, 4) is 0 Å². The second-order valence-corrected chi connectivity index (χ2v) is 11.6. The van der Waals surface area contributed by atoms with Crippen LogP contribution < -0.4 is 0 Å². The standard InChI is InChI=1S/C30H34F3N3O3/c31-30(32,33)24-6-5-19-7-10-35(29(38)27(19)14-24)17-26(37)13-23-16-36(25-8-11-39-18-25)15-22(23)12-21-4-3-20-2-1-9-34-28(20)21/h1-2,5-6,9,14,21-23,25H,3-4,7-8,10-13,15-18H2/t21?,22-,23?,25?/m0/s1. The Morgan fingerprint density at radius 3 is 2.72 bits per heavy atom. The van der Waals surface area contributed by atoms with Crippen molar-refractivity contribution in [2.24, 2.45) is 11.8 Å². The number of ketones is 1. The number of alkyl halides is 3. The van der Waals surface area contributed by atoms with E-state index in [0.29, 0.717) is 42.8 Å². The number of carbonyl (C=O) groups is 2. The van der Waals surface area contributed by atoms with E-state index in [1.807, 2.05) is 12.3 Å². The van der Waals surface area contributed by atoms with E-state index in [1.54, 1.807) is 0 Å². The maximum absolute atomic E-state index is 13.3. The first-order valence-corrected chi connectivity index (χ1v) is 14.0. The highest BCUT2D eigenvalue weighted by atomic mass is 19.4. The van der Waals surface area contributed by atoms with Gasteiger partial charge in [0.1, 0.15) is 0 Å². The van der Waals surface area contributed by atoms with Gasteiger partial charge < -0.3 is 9.64 Å². The minimum atomic E-state index is -4.52. The van der Waals surface area contributed by atoms with Gasteiger partial charge >= 0.3 is 6.18 Å². The van der Waals surface area contributed by atoms with Crippen molar-refractivity contribution < 1.29 is 27.5 Å². The first-order chi connectivity index (χ1) is 18.8. The summed E-state index contributed by atoms with van der Waals surface area (Å²) < 4.78 is 45.3. The fraction of sp³-hybridized carbons (Fsp3) is 0.567. The van der Waals surface area contributed by atoms with Crippen LogP contribution in [0.15, 0.2) is 36.5 Å². The molecule has 1 aliphatic carbocycles. The van der Waals surface area contributed by atoms with Gasteiger partial charge in [0.15, 0.2) is 5.78 Å². The minimum Gasteiger partial charge on any atom is -0.380 e. The lowest BCUT2D eigenvalue weighted by Gasteiger charge is -2.29. The molecular formula is C30H34F3N3O3. The molecule has 0 radical (unpaired) electrons. The number of halogens is 3. The van der Waals surface area contributed by atoms with Crippen LogP contribution in [-0.2, 0) is 28.5 Å². The lowest BCUT2D eigenvalue weighted by atomic mass is 9.83. The van der Waals surface area contributed by atoms with E-state index in [-0.39, 0.29) is 23.8 Å². The molecule has 9 heteroatoms. The van der Waals surface area contributed by atoms with Crippen molar-refractivity contribution in [2.75, 3.05) is 39.4 Å². The molecule has 4 heterocycles. The molecule has 2 aromatic rings. The fourth-order valence-corrected chi connectivity index (χ4v) is 7.09. The van der Waals surface area contributed by atoms with Gasteiger partial charge in [-0.25, -0.2) is 0 Å². The van der Waals surface area contributed by atoms with Crippen LogP contribution in [0.5, 0.6) is 0 Å². The largest absolute Gasteiger partial charge is 0.416 e. The Morgan fingerprint density at radius 2 is 1.92 bits per heavy atom. The van der Waals surface area contributed by atoms with Crippen LogP contribution in [0, 0.1) is 11.8 Å². The quantitative estimate of drug-likeness (QED) is 0.516. The van der Waals surface area contributed by atoms with Crippen LogP contribution in [0.4, 0.5) is 13.2 Å². The average molecular weight is 542 g/mol. The van der Waals surface area contributed by atoms with Gasteiger partial charge in [0, 0.05) is 62.1 Å². The van der Waals surface area contributed by atoms with Gasteiger partial charge in [-0.05, 0) is 73.3 Å². The number of hydrogen-bond donors (Lipinski definition) is 0. The molecule has 39 heavy (non-hydrogen) atoms. The van der Waals surface area contributed by atoms with Crippen LogP contribution in [0.1, 0.15) is 64.3 Å². The van der Waals surface area contributed by atoms with E-state index in [1.165, 1.54) is 22.2 Å². The van der Waals surface area contributed by atoms with Gasteiger partial charge in [0.2, 0.25) is 0 Å². The summed E-state index contributed by atoms with van der Waals surface area (Å²) in [6.45, 7) is 3.54. The molecule has 1 aromatic carbocycles. The highest BCUT2D eigenvalue weighted by Crippen LogP contribution is 2.41. The average Bonchev–Trinajstić information content (AvgIpc) is 3.66. The smallest absolute Gasteiger partial charge is 0.380 e. The second-order valence-electron chi connectivity index (χ2n) is 11.6. The van der Waals surface area contributed by atoms with E-state index in [0.717, 1.165) is 64.1 Å². The Balaban J connectivity index is 1.13. The Bertz CT molecular complexity index is 1240. The first kappa shape index (κ1) is 26.4. The van der Waals surface area contributed by atoms with Gasteiger partial charge in [-0.2, -0.15) is 13.2 Å². The van der Waals surface area contributed by atoms with Gasteiger partial charge in [0.05, 0.1) is 18.7 Å². The van der Waals surface area contributed by atoms with E-state index >= 15 is 0 Å². The summed E-state index contributed by atoms with van der Waals surface area (Å²) in [4.78, 5) is 35.0. The molecule has 208 valence electrons. The summed E-state index contributed by atoms with van der Waals surface area (Å²) in [6, 6.07) is 7.86. The molecule has 1 aromatic heterocycles. The summed E-state index contributed by atoms with van der Waals surface area (Å²) in [6.07, 6.45) is 2.27. The van der Waals surface area contributed by atoms with Crippen LogP contribution in [0.25, 0.3) is 0 Å². The highest BCUT2D eigenvalue weighted by Gasteiger charge is 2.41. The zero-order chi connectivity index (χ0) is 27.1. The number of ether oxygens (including phenoxy) is 1. The van der Waals surface area contributed by atoms with Crippen LogP contribution >= 0.6 is 0 Å². The van der Waals surface area contributed by atoms with Crippen molar-refractivity contribution >= 4 is 11.7 Å². The molecule has 6 nitrogen and oxygen atoms in total. The Kier molecular flexibility index (Phi) is 7.22. The number of amides is 1. The molecule has 3 unspecified atom stereocenters. The number of nitrogens with zero attached hydrogens (tertiary/aromatic N) is 3. The monoisotopic (exact) mass is 541 g/mol. The second kappa shape index (κ2) is 10.7. The molecule has 2 fully saturated rings. The first-order valence-electron chi connectivity index (χ1n) is 14.0. The summed E-state index contributed by atoms with van der Waals surface area (Å²) in [5.74, 6) is 0.404. The molecule has 0 N–H and O–H groups in total. The minimum absolute atomic E-state index is 0.0248. The number of hydrogen-bond acceptors (Lipinski definition) is 5. The Hall–Kier alpha value is -2.78. The summed E-state index contributed by atoms with van der Waals surface area (Å²) in [5, 5.41) is 0. The maximum atomic E-state index is 13.3. The SMILES string of the molecule is O=C(CC1CN(C2CCOC2)C[C@@H]1CC1CCc2cccnc21)CN1CCc2ccc(C(F)(F)F)cc2C1=O. The number of benzene rings is 1. The molecule has 2 saturated heterocycles. The Morgan fingerprint density at radius 1 is 1.08 bits per heavy atom. The number of Topliss-reactive ketones (excluding diaryl/α,β-unsaturated/α-hetero) is 1. The number of likely N-dealkylation sites (tertiary alicyclic amines) is 1. The highest BCUT2D eigenvalue weighted by molar-refractivity contribution is 5.99. The van der Waals surface area contributed by atoms with Gasteiger partial charge in [0.25, 0.3) is 5.91 Å². The third kappa shape index (κ3) is 5.48. The third-order valence-corrected chi connectivity index (χ3v) is 9.15. The molecule has 6 rings (SSSR count). The normalized spacial score (nSPS) is 27.2. The number of rotatable bonds is 7. The molecule has 4 aliphatic rings. The molecule has 0 bridgehead atoms. The van der Waals surface area contributed by atoms with Crippen LogP contribution in [0.3, 0.4) is 0 Å². The van der Waals surface area contributed by atoms with E-state index in [4.69, 9.17) is 4.74 Å². The number of pyridine rings is 1. The lowest BCUT2D eigenvalue weighted by Crippen LogP contribution is -2.41. The summed E-state index contributed by atoms with van der Waals surface area (Å²) >= 11 is 0. The molecular weight excluding hydrogens is 507 g/mol. The Labute approximate surface area is 226 Å². The van der Waals surface area contributed by atoms with E-state index in [9.17, 15) is 22.8 Å². The summed E-state index contributed by atoms with van der Waals surface area (Å²) in [5.41, 5.74) is 2.35. The number of fused-ring (bicyclic) bond motifs is 2. The molecule has 3 aliphatic heterocycles. The number of aryl methyl sites for hydroxylation is 1. The van der Waals surface area contributed by atoms with Gasteiger partial charge in [-0.3, -0.25) is 19.5 Å². The van der Waals surface area contributed by atoms with Crippen molar-refractivity contribution in [3.63, 3.8) is 0 Å². The molecule has 0 saturated carbocycles. The zero-order valence-corrected chi connectivity index (χ0v) is 22.0. The van der Waals surface area contributed by atoms with Crippen molar-refractivity contribution in [1.29, 1.82) is 0 Å². The van der Waals surface area contributed by atoms with Crippen LogP contribution in [-0.4, -0.2) is 71.9 Å². The van der Waals surface area contributed by atoms with Crippen molar-refractivity contribution in [1.82, 2.24) is 14.8 Å².